The zero-order valence-electron chi connectivity index (χ0n) is 14.5. The van der Waals surface area contributed by atoms with Gasteiger partial charge in [-0.05, 0) is 51.4 Å². The molecule has 8 heteroatoms. The zero-order chi connectivity index (χ0) is 18.0. The molecular formula is C16H28N2O5S. The molecule has 1 saturated heterocycles. The Morgan fingerprint density at radius 3 is 2.17 bits per heavy atom. The summed E-state index contributed by atoms with van der Waals surface area (Å²) in [6, 6.07) is 0. The smallest absolute Gasteiger partial charge is 0.329 e. The number of carboxylic acids is 1. The van der Waals surface area contributed by atoms with E-state index in [1.54, 1.807) is 6.92 Å². The van der Waals surface area contributed by atoms with E-state index in [2.05, 4.69) is 12.2 Å². The number of hydrogen-bond donors (Lipinski definition) is 2. The van der Waals surface area contributed by atoms with Gasteiger partial charge in [0.25, 0.3) is 0 Å². The number of hydrogen-bond acceptors (Lipinski definition) is 4. The van der Waals surface area contributed by atoms with Crippen LogP contribution in [0.2, 0.25) is 0 Å². The topological polar surface area (TPSA) is 104 Å². The second-order valence-corrected chi connectivity index (χ2v) is 9.39. The lowest BCUT2D eigenvalue weighted by Gasteiger charge is -2.38. The maximum absolute atomic E-state index is 12.5. The van der Waals surface area contributed by atoms with Crippen LogP contribution in [0.25, 0.3) is 0 Å². The summed E-state index contributed by atoms with van der Waals surface area (Å²) in [7, 11) is -3.22. The number of carboxylic acid groups (broad SMARTS) is 1. The molecule has 0 aromatic rings. The first-order chi connectivity index (χ1) is 11.2. The molecule has 2 fully saturated rings. The van der Waals surface area contributed by atoms with Crippen molar-refractivity contribution in [2.75, 3.05) is 18.8 Å². The van der Waals surface area contributed by atoms with Crippen molar-refractivity contribution >= 4 is 21.9 Å². The fourth-order valence-electron chi connectivity index (χ4n) is 3.56. The van der Waals surface area contributed by atoms with Crippen molar-refractivity contribution in [3.63, 3.8) is 0 Å². The van der Waals surface area contributed by atoms with Crippen molar-refractivity contribution in [3.05, 3.63) is 0 Å². The van der Waals surface area contributed by atoms with Crippen molar-refractivity contribution in [2.24, 2.45) is 11.8 Å². The van der Waals surface area contributed by atoms with Crippen LogP contribution in [0.5, 0.6) is 0 Å². The normalized spacial score (nSPS) is 30.0. The first-order valence-electron chi connectivity index (χ1n) is 8.73. The Labute approximate surface area is 143 Å². The van der Waals surface area contributed by atoms with Crippen molar-refractivity contribution < 1.29 is 23.1 Å². The summed E-state index contributed by atoms with van der Waals surface area (Å²) in [5.74, 6) is -0.987. The Balaban J connectivity index is 1.96. The highest BCUT2D eigenvalue weighted by atomic mass is 32.2. The molecule has 1 heterocycles. The second kappa shape index (κ2) is 7.39. The lowest BCUT2D eigenvalue weighted by atomic mass is 9.76. The number of sulfonamides is 1. The summed E-state index contributed by atoms with van der Waals surface area (Å²) in [5.41, 5.74) is -1.16. The van der Waals surface area contributed by atoms with E-state index in [-0.39, 0.29) is 17.6 Å². The maximum atomic E-state index is 12.5. The van der Waals surface area contributed by atoms with Crippen molar-refractivity contribution in [1.82, 2.24) is 9.62 Å². The number of piperidine rings is 1. The molecule has 2 aliphatic rings. The molecule has 7 nitrogen and oxygen atoms in total. The lowest BCUT2D eigenvalue weighted by molar-refractivity contribution is -0.150. The quantitative estimate of drug-likeness (QED) is 0.767. The van der Waals surface area contributed by atoms with E-state index in [1.165, 1.54) is 4.31 Å². The van der Waals surface area contributed by atoms with Gasteiger partial charge in [0.1, 0.15) is 5.54 Å². The van der Waals surface area contributed by atoms with Crippen LogP contribution in [0.15, 0.2) is 0 Å². The van der Waals surface area contributed by atoms with Gasteiger partial charge in [-0.2, -0.15) is 0 Å². The van der Waals surface area contributed by atoms with Gasteiger partial charge in [0.05, 0.1) is 5.75 Å². The third-order valence-electron chi connectivity index (χ3n) is 5.48. The first-order valence-corrected chi connectivity index (χ1v) is 10.3. The van der Waals surface area contributed by atoms with Gasteiger partial charge in [0.2, 0.25) is 15.9 Å². The molecule has 1 aliphatic heterocycles. The van der Waals surface area contributed by atoms with Crippen molar-refractivity contribution in [2.45, 2.75) is 57.9 Å². The fraction of sp³-hybridized carbons (Fsp3) is 0.875. The number of rotatable bonds is 5. The zero-order valence-corrected chi connectivity index (χ0v) is 15.3. The number of amides is 1. The van der Waals surface area contributed by atoms with Crippen LogP contribution < -0.4 is 5.32 Å². The molecule has 24 heavy (non-hydrogen) atoms. The second-order valence-electron chi connectivity index (χ2n) is 7.13. The van der Waals surface area contributed by atoms with E-state index in [1.807, 2.05) is 0 Å². The Kier molecular flexibility index (Phi) is 5.91. The van der Waals surface area contributed by atoms with Gasteiger partial charge in [-0.3, -0.25) is 4.79 Å². The molecule has 1 aliphatic carbocycles. The standard InChI is InChI=1S/C16H28N2O5S/c1-3-24(22,23)18-10-6-13(7-11-18)14(19)17-16(15(20)21)8-4-12(2)5-9-16/h12-13H,3-11H2,1-2H3,(H,17,19)(H,20,21). The number of aliphatic carboxylic acids is 1. The molecule has 0 radical (unpaired) electrons. The molecule has 1 saturated carbocycles. The monoisotopic (exact) mass is 360 g/mol. The molecule has 0 aromatic carbocycles. The molecule has 2 N–H and O–H groups in total. The third-order valence-corrected chi connectivity index (χ3v) is 7.36. The minimum absolute atomic E-state index is 0.0597. The Morgan fingerprint density at radius 1 is 1.17 bits per heavy atom. The van der Waals surface area contributed by atoms with Gasteiger partial charge in [0, 0.05) is 19.0 Å². The van der Waals surface area contributed by atoms with Crippen LogP contribution in [0.3, 0.4) is 0 Å². The largest absolute Gasteiger partial charge is 0.480 e. The van der Waals surface area contributed by atoms with E-state index in [0.717, 1.165) is 12.8 Å². The average molecular weight is 360 g/mol. The van der Waals surface area contributed by atoms with Gasteiger partial charge in [-0.15, -0.1) is 0 Å². The van der Waals surface area contributed by atoms with Crippen molar-refractivity contribution in [1.29, 1.82) is 0 Å². The summed E-state index contributed by atoms with van der Waals surface area (Å²) >= 11 is 0. The van der Waals surface area contributed by atoms with E-state index < -0.39 is 21.5 Å². The van der Waals surface area contributed by atoms with Crippen LogP contribution in [-0.2, 0) is 19.6 Å². The fourth-order valence-corrected chi connectivity index (χ4v) is 4.70. The molecular weight excluding hydrogens is 332 g/mol. The molecule has 0 atom stereocenters. The number of nitrogens with one attached hydrogen (secondary N) is 1. The van der Waals surface area contributed by atoms with Gasteiger partial charge >= 0.3 is 5.97 Å². The van der Waals surface area contributed by atoms with E-state index in [0.29, 0.717) is 44.7 Å². The van der Waals surface area contributed by atoms with Crippen LogP contribution in [0.4, 0.5) is 0 Å². The predicted molar refractivity (Wildman–Crippen MR) is 89.9 cm³/mol. The molecule has 138 valence electrons. The third kappa shape index (κ3) is 4.08. The maximum Gasteiger partial charge on any atom is 0.329 e. The molecule has 0 spiro atoms. The van der Waals surface area contributed by atoms with Gasteiger partial charge in [-0.25, -0.2) is 17.5 Å². The predicted octanol–water partition coefficient (Wildman–Crippen LogP) is 1.20. The van der Waals surface area contributed by atoms with Gasteiger partial charge in [-0.1, -0.05) is 6.92 Å². The van der Waals surface area contributed by atoms with Crippen LogP contribution in [-0.4, -0.2) is 54.1 Å². The van der Waals surface area contributed by atoms with Crippen LogP contribution in [0.1, 0.15) is 52.4 Å². The SMILES string of the molecule is CCS(=O)(=O)N1CCC(C(=O)NC2(C(=O)O)CCC(C)CC2)CC1. The van der Waals surface area contributed by atoms with Gasteiger partial charge in [0.15, 0.2) is 0 Å². The summed E-state index contributed by atoms with van der Waals surface area (Å²) in [6.07, 6.45) is 3.38. The highest BCUT2D eigenvalue weighted by Gasteiger charge is 2.44. The van der Waals surface area contributed by atoms with Crippen LogP contribution in [0, 0.1) is 11.8 Å². The summed E-state index contributed by atoms with van der Waals surface area (Å²) in [5, 5.41) is 12.4. The van der Waals surface area contributed by atoms with E-state index >= 15 is 0 Å². The van der Waals surface area contributed by atoms with Crippen molar-refractivity contribution in [3.8, 4) is 0 Å². The molecule has 0 bridgehead atoms. The summed E-state index contributed by atoms with van der Waals surface area (Å²) in [6.45, 7) is 4.35. The highest BCUT2D eigenvalue weighted by molar-refractivity contribution is 7.89. The summed E-state index contributed by atoms with van der Waals surface area (Å²) < 4.78 is 25.2. The van der Waals surface area contributed by atoms with Gasteiger partial charge < -0.3 is 10.4 Å². The minimum atomic E-state index is -3.22. The van der Waals surface area contributed by atoms with E-state index in [9.17, 15) is 23.1 Å². The number of nitrogens with zero attached hydrogens (tertiary/aromatic N) is 1. The molecule has 0 aromatic heterocycles. The van der Waals surface area contributed by atoms with Crippen LogP contribution >= 0.6 is 0 Å². The Hall–Kier alpha value is -1.15. The highest BCUT2D eigenvalue weighted by Crippen LogP contribution is 2.33. The Morgan fingerprint density at radius 2 is 1.71 bits per heavy atom. The first kappa shape index (κ1) is 19.2. The Bertz CT molecular complexity index is 573. The number of carbonyl (C=O) groups excluding carboxylic acids is 1. The lowest BCUT2D eigenvalue weighted by Crippen LogP contribution is -2.58. The van der Waals surface area contributed by atoms with E-state index in [4.69, 9.17) is 0 Å². The molecule has 2 rings (SSSR count). The molecule has 1 amide bonds. The minimum Gasteiger partial charge on any atom is -0.480 e. The molecule has 0 unspecified atom stereocenters. The summed E-state index contributed by atoms with van der Waals surface area (Å²) in [4.78, 5) is 24.3. The average Bonchev–Trinajstić information content (AvgIpc) is 2.57. The number of carbonyl (C=O) groups is 2.